The van der Waals surface area contributed by atoms with Gasteiger partial charge in [0.15, 0.2) is 0 Å². The van der Waals surface area contributed by atoms with Gasteiger partial charge in [-0.1, -0.05) is 12.0 Å². The van der Waals surface area contributed by atoms with E-state index in [9.17, 15) is 0 Å². The Labute approximate surface area is 106 Å². The molecule has 0 aliphatic heterocycles. The lowest BCUT2D eigenvalue weighted by atomic mass is 10.3. The maximum atomic E-state index is 5.53. The zero-order valence-corrected chi connectivity index (χ0v) is 10.8. The lowest BCUT2D eigenvalue weighted by Gasteiger charge is -2.08. The fraction of sp³-hybridized carbons (Fsp3) is 0.500. The van der Waals surface area contributed by atoms with Gasteiger partial charge in [0.1, 0.15) is 5.76 Å². The fourth-order valence-electron chi connectivity index (χ4n) is 1.66. The second-order valence-corrected chi connectivity index (χ2v) is 4.11. The number of hydrogen-bond acceptors (Lipinski definition) is 6. The highest BCUT2D eigenvalue weighted by atomic mass is 16.4. The van der Waals surface area contributed by atoms with E-state index in [1.165, 1.54) is 0 Å². The van der Waals surface area contributed by atoms with Gasteiger partial charge in [0.05, 0.1) is 18.3 Å². The summed E-state index contributed by atoms with van der Waals surface area (Å²) < 4.78 is 10.8. The van der Waals surface area contributed by atoms with Crippen LogP contribution >= 0.6 is 0 Å². The second-order valence-electron chi connectivity index (χ2n) is 4.11. The summed E-state index contributed by atoms with van der Waals surface area (Å²) in [5, 5.41) is 14.3. The summed E-state index contributed by atoms with van der Waals surface area (Å²) in [6, 6.07) is 4.19. The van der Waals surface area contributed by atoms with Gasteiger partial charge in [0, 0.05) is 0 Å². The predicted octanol–water partition coefficient (Wildman–Crippen LogP) is 2.51. The van der Waals surface area contributed by atoms with Crippen molar-refractivity contribution in [1.82, 2.24) is 15.5 Å². The molecular weight excluding hydrogens is 232 g/mol. The largest absolute Gasteiger partial charge is 0.467 e. The summed E-state index contributed by atoms with van der Waals surface area (Å²) in [4.78, 5) is 0. The minimum Gasteiger partial charge on any atom is -0.467 e. The fourth-order valence-corrected chi connectivity index (χ4v) is 1.66. The highest BCUT2D eigenvalue weighted by Crippen LogP contribution is 2.20. The van der Waals surface area contributed by atoms with Crippen LogP contribution in [-0.4, -0.2) is 16.7 Å². The van der Waals surface area contributed by atoms with Crippen molar-refractivity contribution in [3.63, 3.8) is 0 Å². The molecule has 0 spiro atoms. The lowest BCUT2D eigenvalue weighted by Crippen LogP contribution is -2.17. The molecule has 2 aromatic heterocycles. The van der Waals surface area contributed by atoms with Gasteiger partial charge in [-0.2, -0.15) is 0 Å². The molecular formula is C12H18N4O2. The number of rotatable bonds is 6. The summed E-state index contributed by atoms with van der Waals surface area (Å²) in [5.74, 6) is 1.40. The zero-order chi connectivity index (χ0) is 13.0. The van der Waals surface area contributed by atoms with Gasteiger partial charge in [-0.25, -0.2) is 0 Å². The molecule has 6 heteroatoms. The van der Waals surface area contributed by atoms with Crippen LogP contribution in [0.5, 0.6) is 0 Å². The molecule has 0 aliphatic rings. The molecule has 18 heavy (non-hydrogen) atoms. The molecule has 0 aromatic carbocycles. The molecule has 0 saturated heterocycles. The molecule has 0 fully saturated rings. The van der Waals surface area contributed by atoms with E-state index in [-0.39, 0.29) is 12.1 Å². The Bertz CT molecular complexity index is 466. The number of nitrogens with one attached hydrogen (secondary N) is 2. The predicted molar refractivity (Wildman–Crippen MR) is 67.1 cm³/mol. The molecule has 2 aromatic rings. The molecule has 2 unspecified atom stereocenters. The molecule has 2 heterocycles. The van der Waals surface area contributed by atoms with Crippen molar-refractivity contribution in [2.45, 2.75) is 32.9 Å². The molecule has 6 nitrogen and oxygen atoms in total. The van der Waals surface area contributed by atoms with Crippen molar-refractivity contribution in [3.8, 4) is 0 Å². The summed E-state index contributed by atoms with van der Waals surface area (Å²) in [6.45, 7) is 6.84. The maximum absolute atomic E-state index is 5.53. The van der Waals surface area contributed by atoms with Crippen LogP contribution in [0.25, 0.3) is 0 Å². The highest BCUT2D eigenvalue weighted by Gasteiger charge is 2.15. The van der Waals surface area contributed by atoms with Crippen LogP contribution in [0, 0.1) is 0 Å². The van der Waals surface area contributed by atoms with Gasteiger partial charge in [-0.15, -0.1) is 5.10 Å². The lowest BCUT2D eigenvalue weighted by molar-refractivity contribution is 0.423. The Balaban J connectivity index is 1.98. The quantitative estimate of drug-likeness (QED) is 0.820. The highest BCUT2D eigenvalue weighted by molar-refractivity contribution is 5.23. The molecule has 98 valence electrons. The van der Waals surface area contributed by atoms with Gasteiger partial charge in [-0.05, 0) is 32.5 Å². The minimum atomic E-state index is -0.0114. The maximum Gasteiger partial charge on any atom is 0.316 e. The summed E-state index contributed by atoms with van der Waals surface area (Å²) in [5.41, 5.74) is 0. The monoisotopic (exact) mass is 250 g/mol. The van der Waals surface area contributed by atoms with Gasteiger partial charge in [0.25, 0.3) is 0 Å². The van der Waals surface area contributed by atoms with E-state index in [2.05, 4.69) is 20.8 Å². The molecule has 0 amide bonds. The third-order valence-electron chi connectivity index (χ3n) is 2.63. The Kier molecular flexibility index (Phi) is 3.99. The molecule has 0 aliphatic carbocycles. The third-order valence-corrected chi connectivity index (χ3v) is 2.63. The van der Waals surface area contributed by atoms with E-state index in [1.807, 2.05) is 32.9 Å². The smallest absolute Gasteiger partial charge is 0.316 e. The van der Waals surface area contributed by atoms with E-state index < -0.39 is 0 Å². The Morgan fingerprint density at radius 3 is 2.78 bits per heavy atom. The summed E-state index contributed by atoms with van der Waals surface area (Å²) in [6.07, 6.45) is 1.64. The first kappa shape index (κ1) is 12.6. The summed E-state index contributed by atoms with van der Waals surface area (Å²) in [7, 11) is 0. The second kappa shape index (κ2) is 5.68. The van der Waals surface area contributed by atoms with Gasteiger partial charge in [0.2, 0.25) is 5.89 Å². The number of anilines is 1. The zero-order valence-electron chi connectivity index (χ0n) is 10.8. The van der Waals surface area contributed by atoms with Crippen molar-refractivity contribution >= 4 is 6.01 Å². The van der Waals surface area contributed by atoms with Gasteiger partial charge < -0.3 is 19.5 Å². The van der Waals surface area contributed by atoms with Gasteiger partial charge in [-0.3, -0.25) is 0 Å². The first-order chi connectivity index (χ1) is 8.70. The number of nitrogens with zero attached hydrogens (tertiary/aromatic N) is 2. The standard InChI is InChI=1S/C12H18N4O2/c1-4-13-9(3)11-15-16-12(18-11)14-8(2)10-6-5-7-17-10/h5-9,13H,4H2,1-3H3,(H,14,16). The van der Waals surface area contributed by atoms with Crippen LogP contribution in [0.2, 0.25) is 0 Å². The third kappa shape index (κ3) is 2.89. The van der Waals surface area contributed by atoms with E-state index in [0.29, 0.717) is 11.9 Å². The van der Waals surface area contributed by atoms with Crippen LogP contribution in [-0.2, 0) is 0 Å². The SMILES string of the molecule is CCNC(C)c1nnc(NC(C)c2ccco2)o1. The van der Waals surface area contributed by atoms with Crippen LogP contribution < -0.4 is 10.6 Å². The number of furan rings is 1. The average Bonchev–Trinajstić information content (AvgIpc) is 2.99. The Morgan fingerprint density at radius 1 is 1.28 bits per heavy atom. The Hall–Kier alpha value is -1.82. The topological polar surface area (TPSA) is 76.1 Å². The normalized spacial score (nSPS) is 14.4. The van der Waals surface area contributed by atoms with Crippen LogP contribution in [0.15, 0.2) is 27.2 Å². The number of aromatic nitrogens is 2. The van der Waals surface area contributed by atoms with Crippen LogP contribution in [0.4, 0.5) is 6.01 Å². The van der Waals surface area contributed by atoms with E-state index in [0.717, 1.165) is 12.3 Å². The molecule has 0 bridgehead atoms. The first-order valence-corrected chi connectivity index (χ1v) is 6.07. The average molecular weight is 250 g/mol. The van der Waals surface area contributed by atoms with Crippen molar-refractivity contribution in [3.05, 3.63) is 30.0 Å². The molecule has 0 saturated carbocycles. The van der Waals surface area contributed by atoms with E-state index >= 15 is 0 Å². The van der Waals surface area contributed by atoms with Crippen LogP contribution in [0.1, 0.15) is 44.5 Å². The van der Waals surface area contributed by atoms with Gasteiger partial charge >= 0.3 is 6.01 Å². The minimum absolute atomic E-state index is 0.0114. The Morgan fingerprint density at radius 2 is 2.11 bits per heavy atom. The molecule has 2 N–H and O–H groups in total. The van der Waals surface area contributed by atoms with Crippen LogP contribution in [0.3, 0.4) is 0 Å². The molecule has 2 atom stereocenters. The van der Waals surface area contributed by atoms with Crippen molar-refractivity contribution < 1.29 is 8.83 Å². The van der Waals surface area contributed by atoms with Crippen molar-refractivity contribution in [1.29, 1.82) is 0 Å². The van der Waals surface area contributed by atoms with E-state index in [4.69, 9.17) is 8.83 Å². The molecule has 0 radical (unpaired) electrons. The summed E-state index contributed by atoms with van der Waals surface area (Å²) >= 11 is 0. The molecule has 2 rings (SSSR count). The van der Waals surface area contributed by atoms with E-state index in [1.54, 1.807) is 6.26 Å². The van der Waals surface area contributed by atoms with Crippen molar-refractivity contribution in [2.24, 2.45) is 0 Å². The number of hydrogen-bond donors (Lipinski definition) is 2. The first-order valence-electron chi connectivity index (χ1n) is 6.07. The van der Waals surface area contributed by atoms with Crippen molar-refractivity contribution in [2.75, 3.05) is 11.9 Å².